The fraction of sp³-hybridized carbons (Fsp3) is 0.429. The molecule has 2 aliphatic rings. The highest BCUT2D eigenvalue weighted by molar-refractivity contribution is 5.75. The minimum absolute atomic E-state index is 0.00564. The first-order valence-corrected chi connectivity index (χ1v) is 9.65. The number of carbonyl (C=O) groups is 1. The number of rotatable bonds is 6. The average molecular weight is 366 g/mol. The molecule has 6 nitrogen and oxygen atoms in total. The van der Waals surface area contributed by atoms with E-state index in [2.05, 4.69) is 33.4 Å². The molecule has 1 aliphatic carbocycles. The van der Waals surface area contributed by atoms with Gasteiger partial charge in [0, 0.05) is 38.4 Å². The van der Waals surface area contributed by atoms with Gasteiger partial charge in [0.1, 0.15) is 5.82 Å². The number of amides is 2. The van der Waals surface area contributed by atoms with Crippen LogP contribution < -0.4 is 10.2 Å². The molecule has 0 atom stereocenters. The Morgan fingerprint density at radius 3 is 2.67 bits per heavy atom. The zero-order valence-electron chi connectivity index (χ0n) is 15.5. The van der Waals surface area contributed by atoms with E-state index < -0.39 is 0 Å². The maximum Gasteiger partial charge on any atom is 0.318 e. The minimum Gasteiger partial charge on any atom is -0.378 e. The maximum absolute atomic E-state index is 12.8. The summed E-state index contributed by atoms with van der Waals surface area (Å²) in [5, 5.41) is 3.09. The minimum atomic E-state index is 0.00564. The van der Waals surface area contributed by atoms with E-state index in [0.29, 0.717) is 19.1 Å². The molecule has 1 N–H and O–H groups in total. The summed E-state index contributed by atoms with van der Waals surface area (Å²) < 4.78 is 5.40. The summed E-state index contributed by atoms with van der Waals surface area (Å²) >= 11 is 0. The number of nitrogens with zero attached hydrogens (tertiary/aromatic N) is 3. The third kappa shape index (κ3) is 4.77. The van der Waals surface area contributed by atoms with Crippen LogP contribution in [0.25, 0.3) is 0 Å². The molecule has 0 unspecified atom stereocenters. The Balaban J connectivity index is 1.36. The highest BCUT2D eigenvalue weighted by atomic mass is 16.5. The lowest BCUT2D eigenvalue weighted by Gasteiger charge is -2.28. The molecule has 4 rings (SSSR count). The summed E-state index contributed by atoms with van der Waals surface area (Å²) in [6.45, 7) is 4.35. The first-order valence-electron chi connectivity index (χ1n) is 9.65. The molecule has 1 aliphatic heterocycles. The van der Waals surface area contributed by atoms with Gasteiger partial charge in [-0.2, -0.15) is 0 Å². The van der Waals surface area contributed by atoms with E-state index in [1.807, 2.05) is 35.4 Å². The Labute approximate surface area is 160 Å². The Kier molecular flexibility index (Phi) is 5.53. The molecule has 0 bridgehead atoms. The van der Waals surface area contributed by atoms with Gasteiger partial charge in [0.15, 0.2) is 0 Å². The van der Waals surface area contributed by atoms with Crippen LogP contribution in [0.3, 0.4) is 0 Å². The molecule has 1 aromatic carbocycles. The van der Waals surface area contributed by atoms with Crippen LogP contribution in [0.5, 0.6) is 0 Å². The number of anilines is 1. The quantitative estimate of drug-likeness (QED) is 0.854. The van der Waals surface area contributed by atoms with Crippen molar-refractivity contribution < 1.29 is 9.53 Å². The van der Waals surface area contributed by atoms with Gasteiger partial charge in [-0.05, 0) is 36.1 Å². The van der Waals surface area contributed by atoms with Crippen LogP contribution in [0.4, 0.5) is 10.6 Å². The maximum atomic E-state index is 12.8. The third-order valence-electron chi connectivity index (χ3n) is 5.03. The van der Waals surface area contributed by atoms with Crippen molar-refractivity contribution in [2.75, 3.05) is 31.2 Å². The van der Waals surface area contributed by atoms with Gasteiger partial charge in [0.05, 0.1) is 13.2 Å². The van der Waals surface area contributed by atoms with Gasteiger partial charge < -0.3 is 19.9 Å². The Bertz CT molecular complexity index is 758. The molecule has 27 heavy (non-hydrogen) atoms. The second-order valence-electron chi connectivity index (χ2n) is 7.13. The predicted octanol–water partition coefficient (Wildman–Crippen LogP) is 2.79. The van der Waals surface area contributed by atoms with E-state index >= 15 is 0 Å². The number of morpholine rings is 1. The molecule has 2 amide bonds. The third-order valence-corrected chi connectivity index (χ3v) is 5.03. The summed E-state index contributed by atoms with van der Waals surface area (Å²) in [6.07, 6.45) is 4.00. The summed E-state index contributed by atoms with van der Waals surface area (Å²) in [5.74, 6) is 0.952. The van der Waals surface area contributed by atoms with Crippen molar-refractivity contribution in [1.82, 2.24) is 15.2 Å². The lowest BCUT2D eigenvalue weighted by Crippen LogP contribution is -2.40. The molecule has 1 aromatic heterocycles. The van der Waals surface area contributed by atoms with Crippen molar-refractivity contribution in [3.8, 4) is 0 Å². The van der Waals surface area contributed by atoms with Crippen LogP contribution in [0, 0.1) is 0 Å². The van der Waals surface area contributed by atoms with Gasteiger partial charge in [-0.15, -0.1) is 0 Å². The van der Waals surface area contributed by atoms with Crippen molar-refractivity contribution >= 4 is 11.8 Å². The lowest BCUT2D eigenvalue weighted by molar-refractivity contribution is 0.122. The topological polar surface area (TPSA) is 57.7 Å². The standard InChI is InChI=1S/C21H26N4O2/c26-21(25(19-6-7-19)16-17-4-2-1-3-5-17)23-15-18-8-9-22-20(14-18)24-10-12-27-13-11-24/h1-5,8-9,14,19H,6-7,10-13,15-16H2,(H,23,26). The smallest absolute Gasteiger partial charge is 0.318 e. The monoisotopic (exact) mass is 366 g/mol. The number of pyridine rings is 1. The number of hydrogen-bond acceptors (Lipinski definition) is 4. The molecule has 2 heterocycles. The number of benzene rings is 1. The van der Waals surface area contributed by atoms with Gasteiger partial charge in [-0.3, -0.25) is 0 Å². The summed E-state index contributed by atoms with van der Waals surface area (Å²) in [7, 11) is 0. The lowest BCUT2D eigenvalue weighted by atomic mass is 10.2. The van der Waals surface area contributed by atoms with E-state index in [1.54, 1.807) is 0 Å². The van der Waals surface area contributed by atoms with Crippen molar-refractivity contribution in [2.45, 2.75) is 32.0 Å². The molecular formula is C21H26N4O2. The first kappa shape index (κ1) is 17.8. The van der Waals surface area contributed by atoms with Crippen molar-refractivity contribution in [3.05, 3.63) is 59.8 Å². The number of nitrogens with one attached hydrogen (secondary N) is 1. The van der Waals surface area contributed by atoms with E-state index in [4.69, 9.17) is 4.74 Å². The fourth-order valence-electron chi connectivity index (χ4n) is 3.35. The number of urea groups is 1. The van der Waals surface area contributed by atoms with Crippen molar-refractivity contribution in [2.24, 2.45) is 0 Å². The second-order valence-corrected chi connectivity index (χ2v) is 7.13. The van der Waals surface area contributed by atoms with E-state index in [0.717, 1.165) is 56.1 Å². The predicted molar refractivity (Wildman–Crippen MR) is 105 cm³/mol. The average Bonchev–Trinajstić information content (AvgIpc) is 3.57. The molecule has 2 aromatic rings. The van der Waals surface area contributed by atoms with E-state index in [1.165, 1.54) is 0 Å². The molecule has 2 fully saturated rings. The zero-order valence-corrected chi connectivity index (χ0v) is 15.5. The van der Waals surface area contributed by atoms with Gasteiger partial charge in [0.2, 0.25) is 0 Å². The van der Waals surface area contributed by atoms with Gasteiger partial charge in [-0.25, -0.2) is 9.78 Å². The SMILES string of the molecule is O=C(NCc1ccnc(N2CCOCC2)c1)N(Cc1ccccc1)C1CC1. The fourth-order valence-corrected chi connectivity index (χ4v) is 3.35. The van der Waals surface area contributed by atoms with E-state index in [9.17, 15) is 4.79 Å². The van der Waals surface area contributed by atoms with Crippen LogP contribution in [-0.2, 0) is 17.8 Å². The van der Waals surface area contributed by atoms with Crippen LogP contribution in [0.2, 0.25) is 0 Å². The number of hydrogen-bond donors (Lipinski definition) is 1. The summed E-state index contributed by atoms with van der Waals surface area (Å²) in [4.78, 5) is 21.4. The molecule has 0 spiro atoms. The highest BCUT2D eigenvalue weighted by Gasteiger charge is 2.32. The largest absolute Gasteiger partial charge is 0.378 e. The Morgan fingerprint density at radius 2 is 1.93 bits per heavy atom. The summed E-state index contributed by atoms with van der Waals surface area (Å²) in [5.41, 5.74) is 2.23. The van der Waals surface area contributed by atoms with Gasteiger partial charge in [-0.1, -0.05) is 30.3 Å². The van der Waals surface area contributed by atoms with Crippen LogP contribution >= 0.6 is 0 Å². The zero-order chi connectivity index (χ0) is 18.5. The molecule has 6 heteroatoms. The van der Waals surface area contributed by atoms with Crippen molar-refractivity contribution in [3.63, 3.8) is 0 Å². The highest BCUT2D eigenvalue weighted by Crippen LogP contribution is 2.28. The Morgan fingerprint density at radius 1 is 1.15 bits per heavy atom. The molecular weight excluding hydrogens is 340 g/mol. The molecule has 1 saturated carbocycles. The summed E-state index contributed by atoms with van der Waals surface area (Å²) in [6, 6.07) is 14.6. The first-order chi connectivity index (χ1) is 13.3. The van der Waals surface area contributed by atoms with Gasteiger partial charge in [0.25, 0.3) is 0 Å². The van der Waals surface area contributed by atoms with E-state index in [-0.39, 0.29) is 6.03 Å². The van der Waals surface area contributed by atoms with Gasteiger partial charge >= 0.3 is 6.03 Å². The molecule has 142 valence electrons. The van der Waals surface area contributed by atoms with Crippen LogP contribution in [0.15, 0.2) is 48.7 Å². The normalized spacial score (nSPS) is 16.8. The molecule has 1 saturated heterocycles. The number of ether oxygens (including phenoxy) is 1. The molecule has 0 radical (unpaired) electrons. The van der Waals surface area contributed by atoms with Crippen LogP contribution in [0.1, 0.15) is 24.0 Å². The number of aromatic nitrogens is 1. The second kappa shape index (κ2) is 8.39. The van der Waals surface area contributed by atoms with Crippen LogP contribution in [-0.4, -0.2) is 48.3 Å². The van der Waals surface area contributed by atoms with Crippen molar-refractivity contribution in [1.29, 1.82) is 0 Å². The number of carbonyl (C=O) groups excluding carboxylic acids is 1. The Hall–Kier alpha value is -2.60.